The molecule has 18 heavy (non-hydrogen) atoms. The van der Waals surface area contributed by atoms with E-state index in [1.807, 2.05) is 6.07 Å². The Morgan fingerprint density at radius 1 is 1.44 bits per heavy atom. The van der Waals surface area contributed by atoms with Crippen molar-refractivity contribution < 1.29 is 4.74 Å². The minimum absolute atomic E-state index is 0.0846. The summed E-state index contributed by atoms with van der Waals surface area (Å²) in [6.07, 6.45) is 1.76. The van der Waals surface area contributed by atoms with Crippen LogP contribution in [0.2, 0.25) is 0 Å². The molecular formula is C14H19N3O. The van der Waals surface area contributed by atoms with E-state index in [2.05, 4.69) is 42.9 Å². The monoisotopic (exact) mass is 245 g/mol. The number of ether oxygens (including phenoxy) is 1. The average Bonchev–Trinajstić information content (AvgIpc) is 2.28. The van der Waals surface area contributed by atoms with Crippen LogP contribution in [0.5, 0.6) is 5.75 Å². The SMILES string of the molecule is CC(C)(C)Cc1ccc2c(c1)C(N=[N+]=[N-])CCO2. The summed E-state index contributed by atoms with van der Waals surface area (Å²) in [4.78, 5) is 2.93. The Balaban J connectivity index is 2.33. The van der Waals surface area contributed by atoms with Crippen LogP contribution >= 0.6 is 0 Å². The Labute approximate surface area is 108 Å². The predicted molar refractivity (Wildman–Crippen MR) is 71.6 cm³/mol. The topological polar surface area (TPSA) is 58.0 Å². The van der Waals surface area contributed by atoms with Gasteiger partial charge in [-0.05, 0) is 35.4 Å². The summed E-state index contributed by atoms with van der Waals surface area (Å²) in [7, 11) is 0. The first kappa shape index (κ1) is 12.8. The van der Waals surface area contributed by atoms with E-state index in [-0.39, 0.29) is 11.5 Å². The maximum Gasteiger partial charge on any atom is 0.122 e. The van der Waals surface area contributed by atoms with E-state index >= 15 is 0 Å². The Hall–Kier alpha value is -1.67. The highest BCUT2D eigenvalue weighted by Crippen LogP contribution is 2.36. The molecule has 0 spiro atoms. The molecule has 1 aliphatic rings. The van der Waals surface area contributed by atoms with E-state index < -0.39 is 0 Å². The van der Waals surface area contributed by atoms with E-state index in [9.17, 15) is 0 Å². The zero-order chi connectivity index (χ0) is 13.2. The lowest BCUT2D eigenvalue weighted by Crippen LogP contribution is -2.14. The fourth-order valence-electron chi connectivity index (χ4n) is 2.33. The van der Waals surface area contributed by atoms with Crippen LogP contribution in [-0.2, 0) is 6.42 Å². The minimum Gasteiger partial charge on any atom is -0.493 e. The smallest absolute Gasteiger partial charge is 0.122 e. The number of nitrogens with zero attached hydrogens (tertiary/aromatic N) is 3. The summed E-state index contributed by atoms with van der Waals surface area (Å²) in [6.45, 7) is 7.27. The van der Waals surface area contributed by atoms with Gasteiger partial charge in [0.1, 0.15) is 5.75 Å². The normalized spacial score (nSPS) is 18.5. The number of azide groups is 1. The molecule has 0 fully saturated rings. The van der Waals surface area contributed by atoms with Crippen LogP contribution in [0.25, 0.3) is 10.4 Å². The van der Waals surface area contributed by atoms with Crippen LogP contribution < -0.4 is 4.74 Å². The average molecular weight is 245 g/mol. The van der Waals surface area contributed by atoms with Crippen molar-refractivity contribution in [2.45, 2.75) is 39.7 Å². The van der Waals surface area contributed by atoms with Crippen molar-refractivity contribution in [1.82, 2.24) is 0 Å². The third-order valence-electron chi connectivity index (χ3n) is 3.01. The van der Waals surface area contributed by atoms with Crippen molar-refractivity contribution in [2.24, 2.45) is 10.5 Å². The first-order valence-electron chi connectivity index (χ1n) is 6.29. The molecule has 0 saturated carbocycles. The summed E-state index contributed by atoms with van der Waals surface area (Å²) in [6, 6.07) is 6.13. The lowest BCUT2D eigenvalue weighted by molar-refractivity contribution is 0.268. The molecule has 1 aromatic rings. The summed E-state index contributed by atoms with van der Waals surface area (Å²) >= 11 is 0. The largest absolute Gasteiger partial charge is 0.493 e. The van der Waals surface area contributed by atoms with Gasteiger partial charge in [-0.1, -0.05) is 38.0 Å². The highest BCUT2D eigenvalue weighted by molar-refractivity contribution is 5.41. The molecule has 4 heteroatoms. The molecule has 1 unspecified atom stereocenters. The number of hydrogen-bond acceptors (Lipinski definition) is 2. The Kier molecular flexibility index (Phi) is 3.48. The second-order valence-corrected chi connectivity index (χ2v) is 5.97. The zero-order valence-electron chi connectivity index (χ0n) is 11.2. The van der Waals surface area contributed by atoms with E-state index in [1.54, 1.807) is 0 Å². The summed E-state index contributed by atoms with van der Waals surface area (Å²) < 4.78 is 5.60. The van der Waals surface area contributed by atoms with Gasteiger partial charge in [0, 0.05) is 10.5 Å². The van der Waals surface area contributed by atoms with Crippen LogP contribution in [0.1, 0.15) is 44.4 Å². The molecule has 0 amide bonds. The van der Waals surface area contributed by atoms with Crippen LogP contribution in [-0.4, -0.2) is 6.61 Å². The lowest BCUT2D eigenvalue weighted by atomic mass is 9.86. The molecule has 1 aromatic carbocycles. The van der Waals surface area contributed by atoms with Gasteiger partial charge in [0.2, 0.25) is 0 Å². The van der Waals surface area contributed by atoms with Gasteiger partial charge >= 0.3 is 0 Å². The fraction of sp³-hybridized carbons (Fsp3) is 0.571. The van der Waals surface area contributed by atoms with Gasteiger partial charge in [0.05, 0.1) is 12.6 Å². The van der Waals surface area contributed by atoms with Gasteiger partial charge in [-0.25, -0.2) is 0 Å². The minimum atomic E-state index is -0.0846. The highest BCUT2D eigenvalue weighted by Gasteiger charge is 2.21. The first-order chi connectivity index (χ1) is 8.49. The molecule has 1 aliphatic heterocycles. The lowest BCUT2D eigenvalue weighted by Gasteiger charge is -2.25. The standard InChI is InChI=1S/C14H19N3O/c1-14(2,3)9-10-4-5-13-11(8-10)12(16-17-15)6-7-18-13/h4-5,8,12H,6-7,9H2,1-3H3. The third kappa shape index (κ3) is 2.96. The van der Waals surface area contributed by atoms with Crippen LogP contribution in [0.15, 0.2) is 23.3 Å². The molecule has 0 aliphatic carbocycles. The second-order valence-electron chi connectivity index (χ2n) is 5.97. The van der Waals surface area contributed by atoms with Gasteiger partial charge < -0.3 is 4.74 Å². The Bertz CT molecular complexity index is 484. The quantitative estimate of drug-likeness (QED) is 0.432. The molecule has 0 aromatic heterocycles. The van der Waals surface area contributed by atoms with E-state index in [4.69, 9.17) is 10.3 Å². The van der Waals surface area contributed by atoms with Crippen molar-refractivity contribution >= 4 is 0 Å². The van der Waals surface area contributed by atoms with E-state index in [1.165, 1.54) is 5.56 Å². The first-order valence-corrected chi connectivity index (χ1v) is 6.29. The number of hydrogen-bond donors (Lipinski definition) is 0. The van der Waals surface area contributed by atoms with Crippen LogP contribution in [0.3, 0.4) is 0 Å². The third-order valence-corrected chi connectivity index (χ3v) is 3.01. The van der Waals surface area contributed by atoms with Gasteiger partial charge in [-0.15, -0.1) is 0 Å². The van der Waals surface area contributed by atoms with Crippen molar-refractivity contribution in [3.8, 4) is 5.75 Å². The van der Waals surface area contributed by atoms with Crippen molar-refractivity contribution in [3.63, 3.8) is 0 Å². The Morgan fingerprint density at radius 3 is 2.89 bits per heavy atom. The van der Waals surface area contributed by atoms with Gasteiger partial charge in [-0.2, -0.15) is 0 Å². The zero-order valence-corrected chi connectivity index (χ0v) is 11.2. The molecule has 0 N–H and O–H groups in total. The molecule has 4 nitrogen and oxygen atoms in total. The van der Waals surface area contributed by atoms with Crippen molar-refractivity contribution in [2.75, 3.05) is 6.61 Å². The van der Waals surface area contributed by atoms with E-state index in [0.717, 1.165) is 24.2 Å². The van der Waals surface area contributed by atoms with Crippen LogP contribution in [0.4, 0.5) is 0 Å². The Morgan fingerprint density at radius 2 is 2.22 bits per heavy atom. The summed E-state index contributed by atoms with van der Waals surface area (Å²) in [5.74, 6) is 0.858. The molecule has 2 rings (SSSR count). The van der Waals surface area contributed by atoms with Gasteiger partial charge in [0.15, 0.2) is 0 Å². The van der Waals surface area contributed by atoms with Crippen LogP contribution in [0, 0.1) is 5.41 Å². The van der Waals surface area contributed by atoms with Gasteiger partial charge in [0.25, 0.3) is 0 Å². The van der Waals surface area contributed by atoms with Gasteiger partial charge in [-0.3, -0.25) is 0 Å². The molecule has 96 valence electrons. The maximum atomic E-state index is 8.62. The number of rotatable bonds is 2. The molecule has 1 atom stereocenters. The summed E-state index contributed by atoms with van der Waals surface area (Å²) in [5, 5.41) is 3.86. The number of benzene rings is 1. The molecule has 0 radical (unpaired) electrons. The maximum absolute atomic E-state index is 8.62. The molecule has 1 heterocycles. The fourth-order valence-corrected chi connectivity index (χ4v) is 2.33. The molecule has 0 bridgehead atoms. The summed E-state index contributed by atoms with van der Waals surface area (Å²) in [5.41, 5.74) is 11.2. The molecular weight excluding hydrogens is 226 g/mol. The van der Waals surface area contributed by atoms with E-state index in [0.29, 0.717) is 6.61 Å². The molecule has 0 saturated heterocycles. The predicted octanol–water partition coefficient (Wildman–Crippen LogP) is 4.41. The number of fused-ring (bicyclic) bond motifs is 1. The van der Waals surface area contributed by atoms with Crippen molar-refractivity contribution in [1.29, 1.82) is 0 Å². The highest BCUT2D eigenvalue weighted by atomic mass is 16.5. The second kappa shape index (κ2) is 4.91. The van der Waals surface area contributed by atoms with Crippen molar-refractivity contribution in [3.05, 3.63) is 39.8 Å².